The molecule has 0 amide bonds. The Hall–Kier alpha value is -1.00. The fourth-order valence-corrected chi connectivity index (χ4v) is 1.89. The molecule has 70 valence electrons. The maximum absolute atomic E-state index is 5.30. The third kappa shape index (κ3) is 1.68. The summed E-state index contributed by atoms with van der Waals surface area (Å²) >= 11 is 1.69. The van der Waals surface area contributed by atoms with Crippen molar-refractivity contribution < 1.29 is 4.84 Å². The van der Waals surface area contributed by atoms with Crippen LogP contribution in [-0.2, 0) is 4.84 Å². The van der Waals surface area contributed by atoms with Crippen LogP contribution in [0.4, 0.5) is 5.69 Å². The standard InChI is InChI=1S/C9H12N2OS/c1-6(2)12-11-8-5-10-9-7(8)3-4-13-9/h3-6,10-11H,1-2H3. The van der Waals surface area contributed by atoms with Crippen LogP contribution in [0.2, 0.25) is 0 Å². The van der Waals surface area contributed by atoms with Crippen LogP contribution in [0.3, 0.4) is 0 Å². The molecule has 2 aromatic heterocycles. The summed E-state index contributed by atoms with van der Waals surface area (Å²) in [5.41, 5.74) is 3.93. The molecule has 0 fully saturated rings. The SMILES string of the molecule is CC(C)ONc1c[nH]c2sccc12. The largest absolute Gasteiger partial charge is 0.351 e. The molecule has 0 radical (unpaired) electrons. The first-order chi connectivity index (χ1) is 6.27. The maximum atomic E-state index is 5.30. The molecule has 0 aliphatic rings. The van der Waals surface area contributed by atoms with Crippen LogP contribution < -0.4 is 5.48 Å². The van der Waals surface area contributed by atoms with Gasteiger partial charge in [0, 0.05) is 11.6 Å². The van der Waals surface area contributed by atoms with Gasteiger partial charge in [-0.3, -0.25) is 10.3 Å². The lowest BCUT2D eigenvalue weighted by molar-refractivity contribution is 0.131. The number of fused-ring (bicyclic) bond motifs is 1. The Morgan fingerprint density at radius 2 is 2.38 bits per heavy atom. The van der Waals surface area contributed by atoms with Gasteiger partial charge in [-0.15, -0.1) is 11.3 Å². The molecule has 0 unspecified atom stereocenters. The molecule has 4 heteroatoms. The van der Waals surface area contributed by atoms with E-state index in [1.807, 2.05) is 20.0 Å². The summed E-state index contributed by atoms with van der Waals surface area (Å²) in [4.78, 5) is 9.64. The van der Waals surface area contributed by atoms with Gasteiger partial charge < -0.3 is 4.98 Å². The minimum atomic E-state index is 0.184. The van der Waals surface area contributed by atoms with Crippen LogP contribution in [0.5, 0.6) is 0 Å². The number of rotatable bonds is 3. The minimum Gasteiger partial charge on any atom is -0.351 e. The highest BCUT2D eigenvalue weighted by molar-refractivity contribution is 7.16. The molecule has 0 aliphatic carbocycles. The number of aromatic nitrogens is 1. The molecule has 0 spiro atoms. The molecule has 2 aromatic rings. The number of aromatic amines is 1. The van der Waals surface area contributed by atoms with E-state index in [0.717, 1.165) is 5.69 Å². The van der Waals surface area contributed by atoms with E-state index in [4.69, 9.17) is 4.84 Å². The summed E-state index contributed by atoms with van der Waals surface area (Å²) in [6, 6.07) is 2.07. The van der Waals surface area contributed by atoms with Crippen molar-refractivity contribution in [1.82, 2.24) is 4.98 Å². The van der Waals surface area contributed by atoms with Crippen LogP contribution in [-0.4, -0.2) is 11.1 Å². The average Bonchev–Trinajstić information content (AvgIpc) is 2.60. The van der Waals surface area contributed by atoms with E-state index in [1.54, 1.807) is 11.3 Å². The Labute approximate surface area is 80.7 Å². The number of H-pyrrole nitrogens is 1. The molecule has 2 heterocycles. The zero-order valence-electron chi connectivity index (χ0n) is 7.63. The van der Waals surface area contributed by atoms with Crippen molar-refractivity contribution in [3.8, 4) is 0 Å². The van der Waals surface area contributed by atoms with Crippen molar-refractivity contribution in [2.24, 2.45) is 0 Å². The number of hydrogen-bond acceptors (Lipinski definition) is 3. The molecule has 0 atom stereocenters. The summed E-state index contributed by atoms with van der Waals surface area (Å²) in [5, 5.41) is 3.24. The minimum absolute atomic E-state index is 0.184. The quantitative estimate of drug-likeness (QED) is 0.740. The summed E-state index contributed by atoms with van der Waals surface area (Å²) < 4.78 is 0. The van der Waals surface area contributed by atoms with E-state index in [1.165, 1.54) is 10.2 Å². The van der Waals surface area contributed by atoms with Crippen molar-refractivity contribution in [2.75, 3.05) is 5.48 Å². The molecule has 2 rings (SSSR count). The predicted molar refractivity (Wildman–Crippen MR) is 56.0 cm³/mol. The van der Waals surface area contributed by atoms with Crippen molar-refractivity contribution in [2.45, 2.75) is 20.0 Å². The number of nitrogens with one attached hydrogen (secondary N) is 2. The van der Waals surface area contributed by atoms with E-state index >= 15 is 0 Å². The fraction of sp³-hybridized carbons (Fsp3) is 0.333. The molecule has 3 nitrogen and oxygen atoms in total. The van der Waals surface area contributed by atoms with Crippen LogP contribution in [0.1, 0.15) is 13.8 Å². The van der Waals surface area contributed by atoms with Crippen LogP contribution in [0, 0.1) is 0 Å². The molecule has 0 saturated carbocycles. The lowest BCUT2D eigenvalue weighted by Gasteiger charge is -2.07. The highest BCUT2D eigenvalue weighted by atomic mass is 32.1. The lowest BCUT2D eigenvalue weighted by atomic mass is 10.4. The third-order valence-electron chi connectivity index (χ3n) is 1.71. The highest BCUT2D eigenvalue weighted by Crippen LogP contribution is 2.27. The molecule has 0 aliphatic heterocycles. The zero-order valence-corrected chi connectivity index (χ0v) is 8.44. The Balaban J connectivity index is 2.18. The first-order valence-corrected chi connectivity index (χ1v) is 5.11. The Bertz CT molecular complexity index is 391. The molecule has 0 saturated heterocycles. The van der Waals surface area contributed by atoms with Gasteiger partial charge in [-0.25, -0.2) is 0 Å². The van der Waals surface area contributed by atoms with E-state index in [0.29, 0.717) is 0 Å². The van der Waals surface area contributed by atoms with Gasteiger partial charge in [0.2, 0.25) is 0 Å². The van der Waals surface area contributed by atoms with Gasteiger partial charge in [0.25, 0.3) is 0 Å². The van der Waals surface area contributed by atoms with Gasteiger partial charge in [-0.1, -0.05) is 0 Å². The summed E-state index contributed by atoms with van der Waals surface area (Å²) in [5.74, 6) is 0. The van der Waals surface area contributed by atoms with E-state index < -0.39 is 0 Å². The van der Waals surface area contributed by atoms with E-state index in [2.05, 4.69) is 21.9 Å². The first kappa shape index (κ1) is 8.59. The molecule has 0 aromatic carbocycles. The second-order valence-corrected chi connectivity index (χ2v) is 4.05. The third-order valence-corrected chi connectivity index (χ3v) is 2.55. The Kier molecular flexibility index (Phi) is 2.24. The lowest BCUT2D eigenvalue weighted by Crippen LogP contribution is -2.08. The predicted octanol–water partition coefficient (Wildman–Crippen LogP) is 2.98. The van der Waals surface area contributed by atoms with Gasteiger partial charge in [-0.2, -0.15) is 0 Å². The van der Waals surface area contributed by atoms with Gasteiger partial charge in [-0.05, 0) is 25.3 Å². The highest BCUT2D eigenvalue weighted by Gasteiger charge is 2.04. The maximum Gasteiger partial charge on any atom is 0.102 e. The Morgan fingerprint density at radius 3 is 3.15 bits per heavy atom. The smallest absolute Gasteiger partial charge is 0.102 e. The fourth-order valence-electron chi connectivity index (χ4n) is 1.11. The van der Waals surface area contributed by atoms with Crippen LogP contribution >= 0.6 is 11.3 Å². The van der Waals surface area contributed by atoms with Crippen molar-refractivity contribution >= 4 is 27.2 Å². The molecule has 0 bridgehead atoms. The number of hydrogen-bond donors (Lipinski definition) is 2. The van der Waals surface area contributed by atoms with E-state index in [9.17, 15) is 0 Å². The van der Waals surface area contributed by atoms with Gasteiger partial charge in [0.05, 0.1) is 11.8 Å². The molecule has 2 N–H and O–H groups in total. The summed E-state index contributed by atoms with van der Waals surface area (Å²) in [6.07, 6.45) is 2.10. The molecule has 13 heavy (non-hydrogen) atoms. The van der Waals surface area contributed by atoms with Crippen molar-refractivity contribution in [3.63, 3.8) is 0 Å². The van der Waals surface area contributed by atoms with Gasteiger partial charge in [0.15, 0.2) is 0 Å². The van der Waals surface area contributed by atoms with Gasteiger partial charge >= 0.3 is 0 Å². The first-order valence-electron chi connectivity index (χ1n) is 4.23. The molecular weight excluding hydrogens is 184 g/mol. The van der Waals surface area contributed by atoms with Crippen LogP contribution in [0.15, 0.2) is 17.6 Å². The average molecular weight is 196 g/mol. The second-order valence-electron chi connectivity index (χ2n) is 3.13. The van der Waals surface area contributed by atoms with Crippen molar-refractivity contribution in [1.29, 1.82) is 0 Å². The molecular formula is C9H12N2OS. The Morgan fingerprint density at radius 1 is 1.54 bits per heavy atom. The monoisotopic (exact) mass is 196 g/mol. The van der Waals surface area contributed by atoms with Crippen LogP contribution in [0.25, 0.3) is 10.2 Å². The van der Waals surface area contributed by atoms with Crippen molar-refractivity contribution in [3.05, 3.63) is 17.6 Å². The topological polar surface area (TPSA) is 37.0 Å². The summed E-state index contributed by atoms with van der Waals surface area (Å²) in [7, 11) is 0. The van der Waals surface area contributed by atoms with Gasteiger partial charge in [0.1, 0.15) is 4.83 Å². The number of thiophene rings is 1. The summed E-state index contributed by atoms with van der Waals surface area (Å²) in [6.45, 7) is 3.98. The number of anilines is 1. The second kappa shape index (κ2) is 3.40. The normalized spacial score (nSPS) is 11.3. The zero-order chi connectivity index (χ0) is 9.26. The van der Waals surface area contributed by atoms with E-state index in [-0.39, 0.29) is 6.10 Å².